The van der Waals surface area contributed by atoms with E-state index in [1.165, 1.54) is 0 Å². The van der Waals surface area contributed by atoms with Crippen molar-refractivity contribution in [3.05, 3.63) is 107 Å². The van der Waals surface area contributed by atoms with Crippen LogP contribution in [0.15, 0.2) is 91.0 Å². The van der Waals surface area contributed by atoms with Crippen LogP contribution in [0.25, 0.3) is 11.0 Å². The second-order valence-corrected chi connectivity index (χ2v) is 6.94. The summed E-state index contributed by atoms with van der Waals surface area (Å²) in [7, 11) is 0. The minimum absolute atomic E-state index is 0.353. The maximum Gasteiger partial charge on any atom is 0.173 e. The standard InChI is InChI=1S/C22H16ClN3O/c23-18-12-10-17(11-13-18)22(16-6-2-1-3-7-16)15-14-21(27-22)26-20-9-5-4-8-19(20)24-25-26/h1-15,21H. The van der Waals surface area contributed by atoms with Crippen molar-refractivity contribution in [2.75, 3.05) is 0 Å². The van der Waals surface area contributed by atoms with Crippen molar-refractivity contribution in [2.24, 2.45) is 0 Å². The summed E-state index contributed by atoms with van der Waals surface area (Å²) in [5.74, 6) is 0. The molecule has 0 N–H and O–H groups in total. The molecule has 27 heavy (non-hydrogen) atoms. The Balaban J connectivity index is 1.61. The average molecular weight is 374 g/mol. The molecule has 0 bridgehead atoms. The fraction of sp³-hybridized carbons (Fsp3) is 0.0909. The highest BCUT2D eigenvalue weighted by atomic mass is 35.5. The number of halogens is 1. The Morgan fingerprint density at radius 1 is 0.852 bits per heavy atom. The van der Waals surface area contributed by atoms with Crippen LogP contribution in [0.3, 0.4) is 0 Å². The van der Waals surface area contributed by atoms with Crippen molar-refractivity contribution in [1.29, 1.82) is 0 Å². The van der Waals surface area contributed by atoms with Crippen LogP contribution in [-0.2, 0) is 10.3 Å². The van der Waals surface area contributed by atoms with E-state index in [0.29, 0.717) is 5.02 Å². The summed E-state index contributed by atoms with van der Waals surface area (Å²) in [4.78, 5) is 0. The van der Waals surface area contributed by atoms with E-state index in [-0.39, 0.29) is 6.23 Å². The molecule has 0 saturated carbocycles. The third-order valence-electron chi connectivity index (χ3n) is 4.90. The van der Waals surface area contributed by atoms with Gasteiger partial charge in [0, 0.05) is 5.02 Å². The smallest absolute Gasteiger partial charge is 0.173 e. The molecule has 5 rings (SSSR count). The predicted molar refractivity (Wildman–Crippen MR) is 105 cm³/mol. The van der Waals surface area contributed by atoms with Crippen molar-refractivity contribution >= 4 is 22.6 Å². The molecule has 5 heteroatoms. The Hall–Kier alpha value is -2.95. The third kappa shape index (κ3) is 2.65. The zero-order chi connectivity index (χ0) is 18.3. The summed E-state index contributed by atoms with van der Waals surface area (Å²) in [6.07, 6.45) is 3.77. The van der Waals surface area contributed by atoms with E-state index in [1.807, 2.05) is 77.5 Å². The summed E-state index contributed by atoms with van der Waals surface area (Å²) in [5.41, 5.74) is 3.14. The number of nitrogens with zero attached hydrogens (tertiary/aromatic N) is 3. The maximum atomic E-state index is 6.62. The van der Waals surface area contributed by atoms with E-state index in [4.69, 9.17) is 16.3 Å². The monoisotopic (exact) mass is 373 g/mol. The number of benzene rings is 3. The zero-order valence-electron chi connectivity index (χ0n) is 14.4. The van der Waals surface area contributed by atoms with Crippen molar-refractivity contribution in [1.82, 2.24) is 15.0 Å². The van der Waals surface area contributed by atoms with Gasteiger partial charge >= 0.3 is 0 Å². The SMILES string of the molecule is Clc1ccc(C2(c3ccccc3)C=CC(n3nnc4ccccc43)O2)cc1. The van der Waals surface area contributed by atoms with Crippen LogP contribution in [0.4, 0.5) is 0 Å². The molecule has 0 fully saturated rings. The fourth-order valence-electron chi connectivity index (χ4n) is 3.57. The van der Waals surface area contributed by atoms with Gasteiger partial charge in [0.05, 0.1) is 5.52 Å². The first-order valence-electron chi connectivity index (χ1n) is 8.75. The van der Waals surface area contributed by atoms with Gasteiger partial charge in [-0.3, -0.25) is 0 Å². The van der Waals surface area contributed by atoms with Gasteiger partial charge in [-0.05, 0) is 47.5 Å². The largest absolute Gasteiger partial charge is 0.333 e. The first-order valence-corrected chi connectivity index (χ1v) is 9.13. The van der Waals surface area contributed by atoms with Crippen molar-refractivity contribution in [3.8, 4) is 0 Å². The summed E-state index contributed by atoms with van der Waals surface area (Å²) in [6, 6.07) is 25.8. The number of rotatable bonds is 3. The quantitative estimate of drug-likeness (QED) is 0.468. The molecule has 0 spiro atoms. The summed E-state index contributed by atoms with van der Waals surface area (Å²) in [5, 5.41) is 9.26. The molecule has 0 radical (unpaired) electrons. The molecular weight excluding hydrogens is 358 g/mol. The van der Waals surface area contributed by atoms with Crippen LogP contribution in [0, 0.1) is 0 Å². The molecule has 0 aliphatic carbocycles. The van der Waals surface area contributed by atoms with E-state index in [9.17, 15) is 0 Å². The van der Waals surface area contributed by atoms with E-state index in [1.54, 1.807) is 0 Å². The van der Waals surface area contributed by atoms with Crippen LogP contribution < -0.4 is 0 Å². The van der Waals surface area contributed by atoms with Gasteiger partial charge < -0.3 is 4.74 Å². The van der Waals surface area contributed by atoms with Crippen molar-refractivity contribution in [2.45, 2.75) is 11.8 Å². The molecule has 1 aromatic heterocycles. The number of hydrogen-bond acceptors (Lipinski definition) is 3. The maximum absolute atomic E-state index is 6.62. The lowest BCUT2D eigenvalue weighted by Gasteiger charge is -2.30. The van der Waals surface area contributed by atoms with Crippen LogP contribution >= 0.6 is 11.6 Å². The molecule has 4 nitrogen and oxygen atoms in total. The molecule has 0 saturated heterocycles. The van der Waals surface area contributed by atoms with Crippen LogP contribution in [0.1, 0.15) is 17.4 Å². The lowest BCUT2D eigenvalue weighted by Crippen LogP contribution is -2.28. The lowest BCUT2D eigenvalue weighted by atomic mass is 9.86. The lowest BCUT2D eigenvalue weighted by molar-refractivity contribution is -0.0395. The Labute approximate surface area is 161 Å². The highest BCUT2D eigenvalue weighted by Crippen LogP contribution is 2.43. The van der Waals surface area contributed by atoms with Gasteiger partial charge in [-0.1, -0.05) is 71.4 Å². The van der Waals surface area contributed by atoms with Crippen molar-refractivity contribution < 1.29 is 4.74 Å². The molecule has 132 valence electrons. The molecule has 0 amide bonds. The van der Waals surface area contributed by atoms with Gasteiger partial charge in [0.25, 0.3) is 0 Å². The summed E-state index contributed by atoms with van der Waals surface area (Å²) >= 11 is 6.10. The third-order valence-corrected chi connectivity index (χ3v) is 5.15. The van der Waals surface area contributed by atoms with Crippen LogP contribution in [0.2, 0.25) is 5.02 Å². The summed E-state index contributed by atoms with van der Waals surface area (Å²) < 4.78 is 8.43. The Kier molecular flexibility index (Phi) is 3.81. The van der Waals surface area contributed by atoms with E-state index in [0.717, 1.165) is 22.2 Å². The minimum Gasteiger partial charge on any atom is -0.333 e. The highest BCUT2D eigenvalue weighted by molar-refractivity contribution is 6.30. The van der Waals surface area contributed by atoms with Crippen molar-refractivity contribution in [3.63, 3.8) is 0 Å². The molecule has 1 aliphatic rings. The van der Waals surface area contributed by atoms with Gasteiger partial charge in [0.2, 0.25) is 0 Å². The number of hydrogen-bond donors (Lipinski definition) is 0. The zero-order valence-corrected chi connectivity index (χ0v) is 15.1. The molecule has 2 heterocycles. The topological polar surface area (TPSA) is 39.9 Å². The van der Waals surface area contributed by atoms with Gasteiger partial charge in [-0.2, -0.15) is 0 Å². The van der Waals surface area contributed by atoms with Gasteiger partial charge in [-0.25, -0.2) is 4.68 Å². The molecular formula is C22H16ClN3O. The Bertz CT molecular complexity index is 1120. The van der Waals surface area contributed by atoms with Crippen LogP contribution in [0.5, 0.6) is 0 Å². The number of aromatic nitrogens is 3. The van der Waals surface area contributed by atoms with Gasteiger partial charge in [0.1, 0.15) is 11.1 Å². The first kappa shape index (κ1) is 16.2. The average Bonchev–Trinajstić information content (AvgIpc) is 3.34. The first-order chi connectivity index (χ1) is 13.3. The van der Waals surface area contributed by atoms with Gasteiger partial charge in [0.15, 0.2) is 6.23 Å². The second-order valence-electron chi connectivity index (χ2n) is 6.50. The molecule has 2 unspecified atom stereocenters. The molecule has 4 aromatic rings. The van der Waals surface area contributed by atoms with Gasteiger partial charge in [-0.15, -0.1) is 5.10 Å². The Morgan fingerprint density at radius 3 is 2.37 bits per heavy atom. The number of para-hydroxylation sites is 1. The minimum atomic E-state index is -0.705. The van der Waals surface area contributed by atoms with E-state index in [2.05, 4.69) is 28.5 Å². The number of ether oxygens (including phenoxy) is 1. The fourth-order valence-corrected chi connectivity index (χ4v) is 3.70. The Morgan fingerprint density at radius 2 is 1.56 bits per heavy atom. The normalized spacial score (nSPS) is 21.7. The van der Waals surface area contributed by atoms with E-state index < -0.39 is 5.60 Å². The number of fused-ring (bicyclic) bond motifs is 1. The molecule has 1 aliphatic heterocycles. The summed E-state index contributed by atoms with van der Waals surface area (Å²) in [6.45, 7) is 0. The van der Waals surface area contributed by atoms with Crippen LogP contribution in [-0.4, -0.2) is 15.0 Å². The molecule has 3 aromatic carbocycles. The van der Waals surface area contributed by atoms with E-state index >= 15 is 0 Å². The second kappa shape index (κ2) is 6.34. The highest BCUT2D eigenvalue weighted by Gasteiger charge is 2.40. The predicted octanol–water partition coefficient (Wildman–Crippen LogP) is 5.11. The molecule has 2 atom stereocenters.